The fourth-order valence-electron chi connectivity index (χ4n) is 1.62. The van der Waals surface area contributed by atoms with Crippen LogP contribution in [-0.2, 0) is 11.3 Å². The second kappa shape index (κ2) is 6.73. The molecule has 0 spiro atoms. The van der Waals surface area contributed by atoms with Gasteiger partial charge >= 0.3 is 0 Å². The van der Waals surface area contributed by atoms with Crippen LogP contribution in [0.15, 0.2) is 30.6 Å². The zero-order valence-corrected chi connectivity index (χ0v) is 10.7. The zero-order valence-electron chi connectivity index (χ0n) is 10.7. The SMILES string of the molecule is O=[N+]([O-])c1cccc(-c2ncn(CCOCCO)n2)c1. The van der Waals surface area contributed by atoms with Gasteiger partial charge in [-0.3, -0.25) is 14.8 Å². The van der Waals surface area contributed by atoms with E-state index in [0.717, 1.165) is 0 Å². The Morgan fingerprint density at radius 3 is 3.00 bits per heavy atom. The van der Waals surface area contributed by atoms with Crippen molar-refractivity contribution in [3.63, 3.8) is 0 Å². The maximum atomic E-state index is 10.7. The van der Waals surface area contributed by atoms with Gasteiger partial charge in [0.1, 0.15) is 6.33 Å². The normalized spacial score (nSPS) is 10.7. The molecular weight excluding hydrogens is 264 g/mol. The molecular formula is C12H14N4O4. The molecule has 0 saturated heterocycles. The van der Waals surface area contributed by atoms with Gasteiger partial charge in [0.15, 0.2) is 5.82 Å². The molecule has 1 aromatic heterocycles. The summed E-state index contributed by atoms with van der Waals surface area (Å²) in [6.45, 7) is 1.18. The van der Waals surface area contributed by atoms with Gasteiger partial charge in [0.25, 0.3) is 5.69 Å². The average Bonchev–Trinajstić information content (AvgIpc) is 2.92. The molecule has 20 heavy (non-hydrogen) atoms. The number of nitrogens with zero attached hydrogens (tertiary/aromatic N) is 4. The number of hydrogen-bond donors (Lipinski definition) is 1. The largest absolute Gasteiger partial charge is 0.394 e. The second-order valence-electron chi connectivity index (χ2n) is 3.97. The van der Waals surface area contributed by atoms with Gasteiger partial charge in [0.2, 0.25) is 0 Å². The molecule has 8 heteroatoms. The molecule has 0 amide bonds. The molecule has 0 aliphatic heterocycles. The number of non-ortho nitro benzene ring substituents is 1. The highest BCUT2D eigenvalue weighted by molar-refractivity contribution is 5.58. The third kappa shape index (κ3) is 3.59. The van der Waals surface area contributed by atoms with Crippen molar-refractivity contribution in [2.45, 2.75) is 6.54 Å². The smallest absolute Gasteiger partial charge is 0.270 e. The van der Waals surface area contributed by atoms with Crippen LogP contribution in [0, 0.1) is 10.1 Å². The summed E-state index contributed by atoms with van der Waals surface area (Å²) in [5.41, 5.74) is 0.597. The lowest BCUT2D eigenvalue weighted by molar-refractivity contribution is -0.384. The van der Waals surface area contributed by atoms with Crippen molar-refractivity contribution in [1.29, 1.82) is 0 Å². The van der Waals surface area contributed by atoms with Crippen LogP contribution in [-0.4, -0.2) is 44.6 Å². The lowest BCUT2D eigenvalue weighted by Crippen LogP contribution is -2.08. The number of aliphatic hydroxyl groups is 1. The first-order chi connectivity index (χ1) is 9.70. The molecule has 2 aromatic rings. The van der Waals surface area contributed by atoms with Gasteiger partial charge in [-0.1, -0.05) is 12.1 Å². The van der Waals surface area contributed by atoms with E-state index in [4.69, 9.17) is 9.84 Å². The van der Waals surface area contributed by atoms with Crippen LogP contribution in [0.25, 0.3) is 11.4 Å². The molecule has 0 aliphatic carbocycles. The van der Waals surface area contributed by atoms with Gasteiger partial charge in [-0.05, 0) is 0 Å². The maximum Gasteiger partial charge on any atom is 0.270 e. The minimum absolute atomic E-state index is 0.00475. The van der Waals surface area contributed by atoms with E-state index >= 15 is 0 Å². The molecule has 0 unspecified atom stereocenters. The number of rotatable bonds is 7. The summed E-state index contributed by atoms with van der Waals surface area (Å²) in [4.78, 5) is 14.4. The lowest BCUT2D eigenvalue weighted by Gasteiger charge is -2.01. The van der Waals surface area contributed by atoms with Crippen molar-refractivity contribution < 1.29 is 14.8 Å². The summed E-state index contributed by atoms with van der Waals surface area (Å²) in [5.74, 6) is 0.427. The van der Waals surface area contributed by atoms with Gasteiger partial charge < -0.3 is 9.84 Å². The number of aromatic nitrogens is 3. The highest BCUT2D eigenvalue weighted by Crippen LogP contribution is 2.20. The molecule has 1 N–H and O–H groups in total. The first-order valence-electron chi connectivity index (χ1n) is 6.03. The molecule has 0 bridgehead atoms. The number of hydrogen-bond acceptors (Lipinski definition) is 6. The predicted molar refractivity (Wildman–Crippen MR) is 70.0 cm³/mol. The quantitative estimate of drug-likeness (QED) is 0.457. The van der Waals surface area contributed by atoms with Crippen LogP contribution in [0.4, 0.5) is 5.69 Å². The van der Waals surface area contributed by atoms with E-state index in [0.29, 0.717) is 24.5 Å². The third-order valence-corrected chi connectivity index (χ3v) is 2.55. The van der Waals surface area contributed by atoms with Crippen molar-refractivity contribution >= 4 is 5.69 Å². The van der Waals surface area contributed by atoms with Crippen LogP contribution in [0.3, 0.4) is 0 Å². The highest BCUT2D eigenvalue weighted by atomic mass is 16.6. The molecule has 0 fully saturated rings. The van der Waals surface area contributed by atoms with Crippen LogP contribution < -0.4 is 0 Å². The molecule has 1 heterocycles. The fourth-order valence-corrected chi connectivity index (χ4v) is 1.62. The standard InChI is InChI=1S/C12H14N4O4/c17-5-7-20-6-4-15-9-13-12(14-15)10-2-1-3-11(8-10)16(18)19/h1-3,8-9,17H,4-7H2. The zero-order chi connectivity index (χ0) is 14.4. The van der Waals surface area contributed by atoms with Crippen LogP contribution in [0.2, 0.25) is 0 Å². The number of nitro groups is 1. The molecule has 0 saturated carbocycles. The number of benzene rings is 1. The minimum Gasteiger partial charge on any atom is -0.394 e. The topological polar surface area (TPSA) is 103 Å². The van der Waals surface area contributed by atoms with Crippen LogP contribution >= 0.6 is 0 Å². The third-order valence-electron chi connectivity index (χ3n) is 2.55. The summed E-state index contributed by atoms with van der Waals surface area (Å²) in [6, 6.07) is 6.17. The van der Waals surface area contributed by atoms with E-state index in [2.05, 4.69) is 10.1 Å². The Balaban J connectivity index is 2.04. The van der Waals surface area contributed by atoms with Crippen molar-refractivity contribution in [2.24, 2.45) is 0 Å². The van der Waals surface area contributed by atoms with E-state index in [1.165, 1.54) is 18.5 Å². The summed E-state index contributed by atoms with van der Waals surface area (Å²) in [6.07, 6.45) is 1.54. The molecule has 2 rings (SSSR count). The van der Waals surface area contributed by atoms with E-state index in [-0.39, 0.29) is 18.9 Å². The Morgan fingerprint density at radius 2 is 2.25 bits per heavy atom. The Bertz CT molecular complexity index is 584. The molecule has 106 valence electrons. The monoisotopic (exact) mass is 278 g/mol. The van der Waals surface area contributed by atoms with Crippen molar-refractivity contribution in [3.8, 4) is 11.4 Å². The number of aliphatic hydroxyl groups excluding tert-OH is 1. The molecule has 0 aliphatic rings. The number of ether oxygens (including phenoxy) is 1. The molecule has 1 aromatic carbocycles. The van der Waals surface area contributed by atoms with Crippen LogP contribution in [0.5, 0.6) is 0 Å². The van der Waals surface area contributed by atoms with E-state index in [9.17, 15) is 10.1 Å². The number of nitro benzene ring substituents is 1. The van der Waals surface area contributed by atoms with Crippen molar-refractivity contribution in [1.82, 2.24) is 14.8 Å². The van der Waals surface area contributed by atoms with E-state index < -0.39 is 4.92 Å². The molecule has 0 radical (unpaired) electrons. The van der Waals surface area contributed by atoms with Gasteiger partial charge in [-0.15, -0.1) is 0 Å². The van der Waals surface area contributed by atoms with Gasteiger partial charge in [0, 0.05) is 17.7 Å². The molecule has 0 atom stereocenters. The first kappa shape index (κ1) is 14.1. The predicted octanol–water partition coefficient (Wildman–Crippen LogP) is 0.862. The van der Waals surface area contributed by atoms with Gasteiger partial charge in [-0.2, -0.15) is 5.10 Å². The second-order valence-corrected chi connectivity index (χ2v) is 3.97. The van der Waals surface area contributed by atoms with Gasteiger partial charge in [-0.25, -0.2) is 4.98 Å². The average molecular weight is 278 g/mol. The summed E-state index contributed by atoms with van der Waals surface area (Å²) >= 11 is 0. The van der Waals surface area contributed by atoms with E-state index in [1.807, 2.05) is 0 Å². The van der Waals surface area contributed by atoms with Gasteiger partial charge in [0.05, 0.1) is 31.3 Å². The fraction of sp³-hybridized carbons (Fsp3) is 0.333. The Labute approximate surface area is 114 Å². The summed E-state index contributed by atoms with van der Waals surface area (Å²) < 4.78 is 6.71. The Morgan fingerprint density at radius 1 is 1.40 bits per heavy atom. The van der Waals surface area contributed by atoms with Crippen molar-refractivity contribution in [3.05, 3.63) is 40.7 Å². The Kier molecular flexibility index (Phi) is 4.75. The first-order valence-corrected chi connectivity index (χ1v) is 6.03. The summed E-state index contributed by atoms with van der Waals surface area (Å²) in [5, 5.41) is 23.5. The Hall–Kier alpha value is -2.32. The highest BCUT2D eigenvalue weighted by Gasteiger charge is 2.10. The summed E-state index contributed by atoms with van der Waals surface area (Å²) in [7, 11) is 0. The van der Waals surface area contributed by atoms with Crippen molar-refractivity contribution in [2.75, 3.05) is 19.8 Å². The maximum absolute atomic E-state index is 10.7. The lowest BCUT2D eigenvalue weighted by atomic mass is 10.2. The van der Waals surface area contributed by atoms with Crippen LogP contribution in [0.1, 0.15) is 0 Å². The minimum atomic E-state index is -0.455. The molecule has 8 nitrogen and oxygen atoms in total. The van der Waals surface area contributed by atoms with E-state index in [1.54, 1.807) is 16.8 Å².